The minimum atomic E-state index is -0.508. The highest BCUT2D eigenvalue weighted by molar-refractivity contribution is 8.02. The fraction of sp³-hybridized carbons (Fsp3) is 0.0833. The summed E-state index contributed by atoms with van der Waals surface area (Å²) in [6.45, 7) is 0. The summed E-state index contributed by atoms with van der Waals surface area (Å²) >= 11 is 14.2. The summed E-state index contributed by atoms with van der Waals surface area (Å²) in [5.41, 5.74) is 1.85. The number of anilines is 2. The number of hydrogen-bond acceptors (Lipinski definition) is 6. The topological polar surface area (TPSA) is 84.0 Å². The van der Waals surface area contributed by atoms with Crippen molar-refractivity contribution in [2.24, 2.45) is 0 Å². The minimum Gasteiger partial charge on any atom is -0.324 e. The van der Waals surface area contributed by atoms with Crippen LogP contribution in [0.2, 0.25) is 10.0 Å². The molecule has 0 saturated heterocycles. The zero-order chi connectivity index (χ0) is 25.7. The van der Waals surface area contributed by atoms with E-state index in [2.05, 4.69) is 20.6 Å². The largest absolute Gasteiger partial charge is 0.324 e. The van der Waals surface area contributed by atoms with Gasteiger partial charge >= 0.3 is 0 Å². The summed E-state index contributed by atoms with van der Waals surface area (Å²) in [6, 6.07) is 14.6. The molecule has 0 radical (unpaired) electrons. The summed E-state index contributed by atoms with van der Waals surface area (Å²) in [5.74, 6) is -1.80. The molecule has 0 spiro atoms. The highest BCUT2D eigenvalue weighted by atomic mass is 35.5. The molecule has 4 rings (SSSR count). The van der Waals surface area contributed by atoms with Crippen molar-refractivity contribution in [2.75, 3.05) is 22.1 Å². The summed E-state index contributed by atoms with van der Waals surface area (Å²) in [7, 11) is 0. The first-order valence-corrected chi connectivity index (χ1v) is 13.0. The predicted octanol–water partition coefficient (Wildman–Crippen LogP) is 6.68. The molecule has 0 aliphatic heterocycles. The van der Waals surface area contributed by atoms with E-state index >= 15 is 0 Å². The third kappa shape index (κ3) is 6.85. The predicted molar refractivity (Wildman–Crippen MR) is 141 cm³/mol. The average molecular weight is 565 g/mol. The van der Waals surface area contributed by atoms with E-state index in [0.717, 1.165) is 35.7 Å². The van der Waals surface area contributed by atoms with Gasteiger partial charge in [-0.1, -0.05) is 58.9 Å². The first-order valence-electron chi connectivity index (χ1n) is 10.3. The number of hydrogen-bond donors (Lipinski definition) is 2. The van der Waals surface area contributed by atoms with E-state index in [4.69, 9.17) is 23.2 Å². The molecule has 0 aliphatic rings. The third-order valence-corrected chi connectivity index (χ3v) is 7.28. The highest BCUT2D eigenvalue weighted by Crippen LogP contribution is 2.31. The Morgan fingerprint density at radius 2 is 1.14 bits per heavy atom. The number of para-hydroxylation sites is 2. The second-order valence-corrected chi connectivity index (χ2v) is 9.99. The number of nitrogens with zero attached hydrogens (tertiary/aromatic N) is 2. The van der Waals surface area contributed by atoms with Gasteiger partial charge in [-0.05, 0) is 48.5 Å². The van der Waals surface area contributed by atoms with Crippen LogP contribution in [0.4, 0.5) is 20.2 Å². The third-order valence-electron chi connectivity index (χ3n) is 4.60. The SMILES string of the molecule is O=C(CSc1nc2ccccc2nc1SCC(=O)Nc1ccc(F)cc1Cl)Nc1ccc(F)cc1Cl. The Bertz CT molecular complexity index is 1350. The monoisotopic (exact) mass is 564 g/mol. The van der Waals surface area contributed by atoms with Crippen LogP contribution in [-0.2, 0) is 9.59 Å². The lowest BCUT2D eigenvalue weighted by Gasteiger charge is -2.11. The number of rotatable bonds is 8. The number of carbonyl (C=O) groups excluding carboxylic acids is 2. The average Bonchev–Trinajstić information content (AvgIpc) is 2.84. The number of halogens is 4. The van der Waals surface area contributed by atoms with Crippen LogP contribution in [0.5, 0.6) is 0 Å². The molecule has 0 atom stereocenters. The first kappa shape index (κ1) is 26.2. The Labute approximate surface area is 223 Å². The van der Waals surface area contributed by atoms with Crippen LogP contribution in [0.3, 0.4) is 0 Å². The lowest BCUT2D eigenvalue weighted by Crippen LogP contribution is -2.15. The number of fused-ring (bicyclic) bond motifs is 1. The van der Waals surface area contributed by atoms with E-state index in [0.29, 0.717) is 32.5 Å². The molecule has 0 fully saturated rings. The van der Waals surface area contributed by atoms with Gasteiger partial charge in [-0.3, -0.25) is 9.59 Å². The van der Waals surface area contributed by atoms with Gasteiger partial charge in [0.25, 0.3) is 0 Å². The molecule has 2 amide bonds. The van der Waals surface area contributed by atoms with Gasteiger partial charge in [0.05, 0.1) is 44.0 Å². The molecule has 0 bridgehead atoms. The molecule has 2 N–H and O–H groups in total. The molecule has 1 aromatic heterocycles. The number of nitrogens with one attached hydrogen (secondary N) is 2. The van der Waals surface area contributed by atoms with Crippen molar-refractivity contribution in [3.05, 3.63) is 82.3 Å². The zero-order valence-electron chi connectivity index (χ0n) is 18.2. The highest BCUT2D eigenvalue weighted by Gasteiger charge is 2.16. The summed E-state index contributed by atoms with van der Waals surface area (Å²) in [5, 5.41) is 6.37. The fourth-order valence-corrected chi connectivity index (χ4v) is 5.10. The molecule has 1 heterocycles. The number of aromatic nitrogens is 2. The maximum absolute atomic E-state index is 13.2. The number of thioether (sulfide) groups is 2. The van der Waals surface area contributed by atoms with E-state index in [1.807, 2.05) is 12.1 Å². The molecule has 12 heteroatoms. The quantitative estimate of drug-likeness (QED) is 0.232. The summed E-state index contributed by atoms with van der Waals surface area (Å²) in [6.07, 6.45) is 0. The van der Waals surface area contributed by atoms with Crippen LogP contribution in [0.25, 0.3) is 11.0 Å². The standard InChI is InChI=1S/C24H16Cl2F2N4O2S2/c25-15-9-13(27)5-7-17(15)29-21(33)11-35-23-24(32-20-4-2-1-3-19(20)31-23)36-12-22(34)30-18-8-6-14(28)10-16(18)26/h1-10H,11-12H2,(H,29,33)(H,30,34). The lowest BCUT2D eigenvalue weighted by molar-refractivity contribution is -0.114. The molecule has 4 aromatic rings. The molecule has 3 aromatic carbocycles. The number of amides is 2. The van der Waals surface area contributed by atoms with Crippen molar-refractivity contribution < 1.29 is 18.4 Å². The van der Waals surface area contributed by atoms with E-state index in [1.165, 1.54) is 24.3 Å². The lowest BCUT2D eigenvalue weighted by atomic mass is 10.3. The molecule has 184 valence electrons. The van der Waals surface area contributed by atoms with E-state index in [-0.39, 0.29) is 33.4 Å². The summed E-state index contributed by atoms with van der Waals surface area (Å²) < 4.78 is 26.5. The number of benzene rings is 3. The van der Waals surface area contributed by atoms with Crippen LogP contribution in [-0.4, -0.2) is 33.3 Å². The fourth-order valence-electron chi connectivity index (χ4n) is 2.98. The second-order valence-electron chi connectivity index (χ2n) is 7.24. The van der Waals surface area contributed by atoms with Gasteiger partial charge in [0.1, 0.15) is 21.7 Å². The Hall–Kier alpha value is -2.92. The smallest absolute Gasteiger partial charge is 0.234 e. The molecule has 0 saturated carbocycles. The maximum Gasteiger partial charge on any atom is 0.234 e. The van der Waals surface area contributed by atoms with Gasteiger partial charge < -0.3 is 10.6 Å². The van der Waals surface area contributed by atoms with Crippen LogP contribution in [0.15, 0.2) is 70.7 Å². The van der Waals surface area contributed by atoms with Crippen molar-refractivity contribution in [2.45, 2.75) is 10.1 Å². The summed E-state index contributed by atoms with van der Waals surface area (Å²) in [4.78, 5) is 34.2. The van der Waals surface area contributed by atoms with E-state index < -0.39 is 11.6 Å². The van der Waals surface area contributed by atoms with E-state index in [1.54, 1.807) is 12.1 Å². The van der Waals surface area contributed by atoms with Gasteiger partial charge in [0.15, 0.2) is 0 Å². The van der Waals surface area contributed by atoms with Gasteiger partial charge in [-0.2, -0.15) is 0 Å². The zero-order valence-corrected chi connectivity index (χ0v) is 21.4. The van der Waals surface area contributed by atoms with Crippen LogP contribution < -0.4 is 10.6 Å². The van der Waals surface area contributed by atoms with Crippen molar-refractivity contribution in [3.8, 4) is 0 Å². The van der Waals surface area contributed by atoms with Crippen LogP contribution >= 0.6 is 46.7 Å². The van der Waals surface area contributed by atoms with E-state index in [9.17, 15) is 18.4 Å². The minimum absolute atomic E-state index is 0.0222. The van der Waals surface area contributed by atoms with Gasteiger partial charge in [-0.25, -0.2) is 18.7 Å². The van der Waals surface area contributed by atoms with Crippen molar-refractivity contribution in [3.63, 3.8) is 0 Å². The van der Waals surface area contributed by atoms with Crippen molar-refractivity contribution in [1.82, 2.24) is 9.97 Å². The second kappa shape index (κ2) is 11.9. The molecular weight excluding hydrogens is 549 g/mol. The molecule has 0 aliphatic carbocycles. The Morgan fingerprint density at radius 3 is 1.53 bits per heavy atom. The first-order chi connectivity index (χ1) is 17.3. The van der Waals surface area contributed by atoms with Gasteiger partial charge in [0, 0.05) is 0 Å². The van der Waals surface area contributed by atoms with Crippen LogP contribution in [0, 0.1) is 11.6 Å². The molecule has 0 unspecified atom stereocenters. The Morgan fingerprint density at radius 1 is 0.722 bits per heavy atom. The Kier molecular flexibility index (Phi) is 8.63. The van der Waals surface area contributed by atoms with Crippen molar-refractivity contribution in [1.29, 1.82) is 0 Å². The normalized spacial score (nSPS) is 10.9. The van der Waals surface area contributed by atoms with Gasteiger partial charge in [0.2, 0.25) is 11.8 Å². The number of carbonyl (C=O) groups is 2. The molecule has 6 nitrogen and oxygen atoms in total. The van der Waals surface area contributed by atoms with Crippen molar-refractivity contribution >= 4 is 80.9 Å². The maximum atomic E-state index is 13.2. The molecular formula is C24H16Cl2F2N4O2S2. The van der Waals surface area contributed by atoms with Crippen LogP contribution in [0.1, 0.15) is 0 Å². The van der Waals surface area contributed by atoms with Gasteiger partial charge in [-0.15, -0.1) is 0 Å². The molecule has 36 heavy (non-hydrogen) atoms. The Balaban J connectivity index is 1.45.